The van der Waals surface area contributed by atoms with Gasteiger partial charge in [-0.15, -0.1) is 0 Å². The van der Waals surface area contributed by atoms with Crippen LogP contribution in [0.1, 0.15) is 66.7 Å². The van der Waals surface area contributed by atoms with Crippen LogP contribution in [0.15, 0.2) is 97.1 Å². The highest BCUT2D eigenvalue weighted by atomic mass is 16.2. The van der Waals surface area contributed by atoms with Crippen LogP contribution in [0.25, 0.3) is 11.3 Å². The van der Waals surface area contributed by atoms with Crippen molar-refractivity contribution in [3.63, 3.8) is 0 Å². The molecule has 7 rings (SSSR count). The van der Waals surface area contributed by atoms with Gasteiger partial charge in [0.15, 0.2) is 0 Å². The van der Waals surface area contributed by atoms with Crippen LogP contribution in [0.4, 0.5) is 5.69 Å². The molecule has 1 atom stereocenters. The maximum absolute atomic E-state index is 14.9. The molecule has 8 heteroatoms. The van der Waals surface area contributed by atoms with Crippen LogP contribution >= 0.6 is 0 Å². The van der Waals surface area contributed by atoms with Gasteiger partial charge in [-0.05, 0) is 111 Å². The lowest BCUT2D eigenvalue weighted by molar-refractivity contribution is -0.131. The summed E-state index contributed by atoms with van der Waals surface area (Å²) in [5.74, 6) is -0.0607. The summed E-state index contributed by atoms with van der Waals surface area (Å²) in [6.07, 6.45) is 2.79. The van der Waals surface area contributed by atoms with E-state index in [1.165, 1.54) is 11.1 Å². The van der Waals surface area contributed by atoms with Gasteiger partial charge in [0, 0.05) is 74.5 Å². The monoisotopic (exact) mass is 721 g/mol. The maximum Gasteiger partial charge on any atom is 0.259 e. The number of nitrogens with zero attached hydrogens (tertiary/aromatic N) is 5. The molecular formula is C46H51N5O3. The molecule has 0 N–H and O–H groups in total. The Kier molecular flexibility index (Phi) is 10.6. The predicted molar refractivity (Wildman–Crippen MR) is 216 cm³/mol. The largest absolute Gasteiger partial charge is 0.347 e. The molecule has 4 aromatic carbocycles. The van der Waals surface area contributed by atoms with E-state index in [1.807, 2.05) is 76.9 Å². The third kappa shape index (κ3) is 7.48. The Morgan fingerprint density at radius 3 is 2.17 bits per heavy atom. The topological polar surface area (TPSA) is 69.1 Å². The molecule has 8 nitrogen and oxygen atoms in total. The molecule has 54 heavy (non-hydrogen) atoms. The van der Waals surface area contributed by atoms with Crippen molar-refractivity contribution in [2.24, 2.45) is 7.05 Å². The summed E-state index contributed by atoms with van der Waals surface area (Å²) >= 11 is 0. The molecule has 0 saturated heterocycles. The minimum Gasteiger partial charge on any atom is -0.347 e. The quantitative estimate of drug-likeness (QED) is 0.163. The Labute approximate surface area is 319 Å². The van der Waals surface area contributed by atoms with E-state index >= 15 is 0 Å². The fourth-order valence-electron chi connectivity index (χ4n) is 7.90. The SMILES string of the molecule is Cc1c(C(=O)N(C)c2ccccc2)cc(-c2cc3c(cc2C(=O)N2Cc4ccccc4C[C@H]2C)CN(C(=O)Cc2ccc(CCN(C)C)cc2)CC3)n1C. The van der Waals surface area contributed by atoms with Crippen LogP contribution in [0.3, 0.4) is 0 Å². The van der Waals surface area contributed by atoms with Crippen LogP contribution in [0.5, 0.6) is 0 Å². The molecule has 0 radical (unpaired) electrons. The first-order valence-electron chi connectivity index (χ1n) is 19.0. The Morgan fingerprint density at radius 1 is 0.759 bits per heavy atom. The zero-order valence-electron chi connectivity index (χ0n) is 32.4. The highest BCUT2D eigenvalue weighted by Crippen LogP contribution is 2.36. The standard InChI is InChI=1S/C46H51N5O3/c1-31-24-35-12-10-11-13-37(35)30-51(31)46(54)42-27-38-29-50(44(52)25-34-18-16-33(17-19-34)20-22-47(3)4)23-21-36(38)26-41(42)43-28-40(32(2)48(43)5)45(53)49(6)39-14-8-7-9-15-39/h7-19,26-28,31H,20-25,29-30H2,1-6H3/t31-/m1/s1. The second-order valence-electron chi connectivity index (χ2n) is 15.3. The minimum absolute atomic E-state index is 0.00966. The van der Waals surface area contributed by atoms with E-state index in [0.717, 1.165) is 64.3 Å². The second-order valence-corrected chi connectivity index (χ2v) is 15.3. The zero-order chi connectivity index (χ0) is 38.1. The van der Waals surface area contributed by atoms with E-state index in [4.69, 9.17) is 0 Å². The number of carbonyl (C=O) groups is 3. The zero-order valence-corrected chi connectivity index (χ0v) is 32.4. The van der Waals surface area contributed by atoms with Gasteiger partial charge in [-0.25, -0.2) is 0 Å². The first kappa shape index (κ1) is 36.9. The molecule has 5 aromatic rings. The van der Waals surface area contributed by atoms with Gasteiger partial charge in [0.25, 0.3) is 11.8 Å². The highest BCUT2D eigenvalue weighted by Gasteiger charge is 2.32. The number of benzene rings is 4. The molecule has 3 amide bonds. The number of fused-ring (bicyclic) bond motifs is 2. The van der Waals surface area contributed by atoms with Crippen molar-refractivity contribution in [2.75, 3.05) is 39.1 Å². The van der Waals surface area contributed by atoms with Gasteiger partial charge in [0.2, 0.25) is 5.91 Å². The molecule has 0 saturated carbocycles. The van der Waals surface area contributed by atoms with E-state index in [2.05, 4.69) is 74.4 Å². The van der Waals surface area contributed by atoms with E-state index in [1.54, 1.807) is 11.9 Å². The van der Waals surface area contributed by atoms with Gasteiger partial charge in [-0.2, -0.15) is 0 Å². The van der Waals surface area contributed by atoms with Crippen molar-refractivity contribution >= 4 is 23.4 Å². The fourth-order valence-corrected chi connectivity index (χ4v) is 7.90. The number of amides is 3. The Balaban J connectivity index is 1.21. The van der Waals surface area contributed by atoms with E-state index in [9.17, 15) is 14.4 Å². The number of rotatable bonds is 9. The third-order valence-electron chi connectivity index (χ3n) is 11.4. The molecule has 2 aliphatic rings. The highest BCUT2D eigenvalue weighted by molar-refractivity contribution is 6.08. The third-order valence-corrected chi connectivity index (χ3v) is 11.4. The summed E-state index contributed by atoms with van der Waals surface area (Å²) in [4.78, 5) is 50.2. The number of carbonyl (C=O) groups excluding carboxylic acids is 3. The summed E-state index contributed by atoms with van der Waals surface area (Å²) in [6, 6.07) is 32.5. The molecule has 0 aliphatic carbocycles. The average molecular weight is 722 g/mol. The molecule has 0 fully saturated rings. The predicted octanol–water partition coefficient (Wildman–Crippen LogP) is 7.10. The number of anilines is 1. The smallest absolute Gasteiger partial charge is 0.259 e. The lowest BCUT2D eigenvalue weighted by Gasteiger charge is -2.36. The van der Waals surface area contributed by atoms with Crippen molar-refractivity contribution in [1.82, 2.24) is 19.3 Å². The normalized spacial score (nSPS) is 15.2. The number of hydrogen-bond donors (Lipinski definition) is 0. The summed E-state index contributed by atoms with van der Waals surface area (Å²) in [5, 5.41) is 0. The van der Waals surface area contributed by atoms with E-state index in [0.29, 0.717) is 43.6 Å². The van der Waals surface area contributed by atoms with E-state index < -0.39 is 0 Å². The summed E-state index contributed by atoms with van der Waals surface area (Å²) in [7, 11) is 7.91. The maximum atomic E-state index is 14.9. The van der Waals surface area contributed by atoms with Gasteiger partial charge in [-0.3, -0.25) is 14.4 Å². The van der Waals surface area contributed by atoms with Gasteiger partial charge < -0.3 is 24.2 Å². The molecule has 0 bridgehead atoms. The molecule has 0 spiro atoms. The molecule has 2 aliphatic heterocycles. The first-order chi connectivity index (χ1) is 26.0. The fraction of sp³-hybridized carbons (Fsp3) is 0.326. The van der Waals surface area contributed by atoms with Crippen LogP contribution in [0, 0.1) is 6.92 Å². The van der Waals surface area contributed by atoms with Gasteiger partial charge in [0.1, 0.15) is 0 Å². The van der Waals surface area contributed by atoms with Gasteiger partial charge in [-0.1, -0.05) is 66.7 Å². The van der Waals surface area contributed by atoms with Crippen LogP contribution in [-0.4, -0.2) is 77.3 Å². The molecule has 1 aromatic heterocycles. The van der Waals surface area contributed by atoms with Crippen molar-refractivity contribution in [3.8, 4) is 11.3 Å². The number of para-hydroxylation sites is 1. The molecule has 0 unspecified atom stereocenters. The Morgan fingerprint density at radius 2 is 1.44 bits per heavy atom. The van der Waals surface area contributed by atoms with Crippen molar-refractivity contribution in [1.29, 1.82) is 0 Å². The number of aromatic nitrogens is 1. The molecule has 3 heterocycles. The van der Waals surface area contributed by atoms with Gasteiger partial charge in [0.05, 0.1) is 12.0 Å². The van der Waals surface area contributed by atoms with Gasteiger partial charge >= 0.3 is 0 Å². The number of hydrogen-bond acceptors (Lipinski definition) is 4. The average Bonchev–Trinajstić information content (AvgIpc) is 3.48. The Hall–Kier alpha value is -5.47. The molecular weight excluding hydrogens is 671 g/mol. The van der Waals surface area contributed by atoms with Crippen molar-refractivity contribution in [2.45, 2.75) is 58.7 Å². The van der Waals surface area contributed by atoms with Crippen molar-refractivity contribution in [3.05, 3.63) is 147 Å². The van der Waals surface area contributed by atoms with Crippen LogP contribution in [-0.2, 0) is 50.6 Å². The van der Waals surface area contributed by atoms with Crippen LogP contribution < -0.4 is 4.90 Å². The first-order valence-corrected chi connectivity index (χ1v) is 19.0. The minimum atomic E-state index is -0.106. The van der Waals surface area contributed by atoms with E-state index in [-0.39, 0.29) is 23.8 Å². The second kappa shape index (κ2) is 15.5. The lowest BCUT2D eigenvalue weighted by Crippen LogP contribution is -2.43. The number of likely N-dealkylation sites (N-methyl/N-ethyl adjacent to an activating group) is 1. The van der Waals surface area contributed by atoms with Crippen molar-refractivity contribution < 1.29 is 14.4 Å². The summed E-state index contributed by atoms with van der Waals surface area (Å²) in [5.41, 5.74) is 11.3. The summed E-state index contributed by atoms with van der Waals surface area (Å²) < 4.78 is 2.03. The lowest BCUT2D eigenvalue weighted by atomic mass is 9.89. The molecule has 278 valence electrons. The summed E-state index contributed by atoms with van der Waals surface area (Å²) in [6.45, 7) is 6.64. The van der Waals surface area contributed by atoms with Crippen LogP contribution in [0.2, 0.25) is 0 Å². The Bertz CT molecular complexity index is 2190.